The third kappa shape index (κ3) is 2.82. The Bertz CT molecular complexity index is 349. The van der Waals surface area contributed by atoms with Gasteiger partial charge < -0.3 is 4.89 Å². The van der Waals surface area contributed by atoms with Crippen molar-refractivity contribution in [1.82, 2.24) is 0 Å². The third-order valence-electron chi connectivity index (χ3n) is 1.60. The highest BCUT2D eigenvalue weighted by Crippen LogP contribution is 2.57. The first-order chi connectivity index (χ1) is 6.08. The molecule has 0 aromatic carbocycles. The highest BCUT2D eigenvalue weighted by atomic mass is 31.2. The quantitative estimate of drug-likeness (QED) is 0.725. The molecule has 0 radical (unpaired) electrons. The Morgan fingerprint density at radius 2 is 1.64 bits per heavy atom. The van der Waals surface area contributed by atoms with Crippen molar-refractivity contribution in [2.75, 3.05) is 0 Å². The summed E-state index contributed by atoms with van der Waals surface area (Å²) in [5.74, 6) is 0. The molecule has 0 aromatic rings. The van der Waals surface area contributed by atoms with E-state index in [9.17, 15) is 9.46 Å². The molecule has 6 heteroatoms. The minimum absolute atomic E-state index is 1.29. The summed E-state index contributed by atoms with van der Waals surface area (Å²) >= 11 is 0. The molecule has 0 saturated carbocycles. The van der Waals surface area contributed by atoms with Gasteiger partial charge in [-0.1, -0.05) is 0 Å². The van der Waals surface area contributed by atoms with Gasteiger partial charge in [-0.2, -0.15) is 10.5 Å². The first-order valence-corrected chi connectivity index (χ1v) is 5.52. The molecule has 0 rings (SSSR count). The summed E-state index contributed by atoms with van der Waals surface area (Å²) in [6, 6.07) is 3.41. The van der Waals surface area contributed by atoms with Crippen molar-refractivity contribution < 1.29 is 14.0 Å². The minimum Gasteiger partial charge on any atom is -0.323 e. The van der Waals surface area contributed by atoms with Crippen LogP contribution in [0, 0.1) is 22.7 Å². The SMILES string of the molecule is CC(C)(C#N)OP(=O)(O)C(C)(C)C#N. The van der Waals surface area contributed by atoms with E-state index in [1.807, 2.05) is 0 Å². The molecule has 0 spiro atoms. The largest absolute Gasteiger partial charge is 0.349 e. The Balaban J connectivity index is 4.98. The molecule has 0 aliphatic heterocycles. The Hall–Kier alpha value is -0.870. The van der Waals surface area contributed by atoms with Crippen LogP contribution in [0.25, 0.3) is 0 Å². The summed E-state index contributed by atoms with van der Waals surface area (Å²) in [7, 11) is -4.12. The van der Waals surface area contributed by atoms with Gasteiger partial charge in [0.25, 0.3) is 0 Å². The van der Waals surface area contributed by atoms with E-state index in [2.05, 4.69) is 0 Å². The molecular formula is C8H13N2O3P. The number of rotatable bonds is 3. The molecule has 0 saturated heterocycles. The fourth-order valence-corrected chi connectivity index (χ4v) is 1.52. The normalized spacial score (nSPS) is 16.5. The zero-order valence-electron chi connectivity index (χ0n) is 8.61. The van der Waals surface area contributed by atoms with Crippen LogP contribution in [0.3, 0.4) is 0 Å². The summed E-state index contributed by atoms with van der Waals surface area (Å²) < 4.78 is 16.4. The van der Waals surface area contributed by atoms with Gasteiger partial charge in [-0.25, -0.2) is 0 Å². The maximum absolute atomic E-state index is 11.6. The molecule has 0 bridgehead atoms. The summed E-state index contributed by atoms with van der Waals surface area (Å²) in [6.07, 6.45) is 0. The van der Waals surface area contributed by atoms with Crippen LogP contribution in [0.15, 0.2) is 0 Å². The van der Waals surface area contributed by atoms with Crippen molar-refractivity contribution in [2.45, 2.75) is 38.5 Å². The molecule has 0 amide bonds. The van der Waals surface area contributed by atoms with Gasteiger partial charge in [0.2, 0.25) is 0 Å². The lowest BCUT2D eigenvalue weighted by atomic mass is 10.2. The van der Waals surface area contributed by atoms with Gasteiger partial charge in [0.15, 0.2) is 10.8 Å². The van der Waals surface area contributed by atoms with Gasteiger partial charge in [-0.15, -0.1) is 0 Å². The fraction of sp³-hybridized carbons (Fsp3) is 0.750. The molecule has 0 fully saturated rings. The molecule has 1 atom stereocenters. The highest BCUT2D eigenvalue weighted by molar-refractivity contribution is 7.55. The van der Waals surface area contributed by atoms with Crippen LogP contribution >= 0.6 is 7.60 Å². The second kappa shape index (κ2) is 3.71. The Morgan fingerprint density at radius 1 is 1.21 bits per heavy atom. The van der Waals surface area contributed by atoms with Crippen molar-refractivity contribution >= 4 is 7.60 Å². The highest BCUT2D eigenvalue weighted by Gasteiger charge is 2.45. The summed E-state index contributed by atoms with van der Waals surface area (Å²) in [5.41, 5.74) is -1.38. The topological polar surface area (TPSA) is 94.1 Å². The van der Waals surface area contributed by atoms with E-state index in [-0.39, 0.29) is 0 Å². The van der Waals surface area contributed by atoms with Crippen LogP contribution in [0.2, 0.25) is 0 Å². The second-order valence-corrected chi connectivity index (χ2v) is 6.25. The first-order valence-electron chi connectivity index (χ1n) is 3.94. The predicted octanol–water partition coefficient (Wildman–Crippen LogP) is 1.79. The third-order valence-corrected chi connectivity index (χ3v) is 3.82. The summed E-state index contributed by atoms with van der Waals surface area (Å²) in [6.45, 7) is 5.31. The van der Waals surface area contributed by atoms with Crippen molar-refractivity contribution in [1.29, 1.82) is 10.5 Å². The van der Waals surface area contributed by atoms with E-state index >= 15 is 0 Å². The Labute approximate surface area is 83.4 Å². The van der Waals surface area contributed by atoms with Crippen molar-refractivity contribution in [3.63, 3.8) is 0 Å². The van der Waals surface area contributed by atoms with E-state index in [0.29, 0.717) is 0 Å². The smallest absolute Gasteiger partial charge is 0.323 e. The molecule has 78 valence electrons. The fourth-order valence-electron chi connectivity index (χ4n) is 0.507. The summed E-state index contributed by atoms with van der Waals surface area (Å²) in [4.78, 5) is 9.47. The first kappa shape index (κ1) is 13.1. The molecular weight excluding hydrogens is 203 g/mol. The predicted molar refractivity (Wildman–Crippen MR) is 50.3 cm³/mol. The molecule has 14 heavy (non-hydrogen) atoms. The van der Waals surface area contributed by atoms with Crippen LogP contribution in [-0.2, 0) is 9.09 Å². The zero-order chi connectivity index (χ0) is 11.6. The lowest BCUT2D eigenvalue weighted by Crippen LogP contribution is -2.27. The molecule has 1 N–H and O–H groups in total. The van der Waals surface area contributed by atoms with Gasteiger partial charge in [0, 0.05) is 0 Å². The molecule has 0 aliphatic carbocycles. The van der Waals surface area contributed by atoms with Gasteiger partial charge in [0.05, 0.1) is 12.1 Å². The lowest BCUT2D eigenvalue weighted by Gasteiger charge is -2.27. The van der Waals surface area contributed by atoms with E-state index in [1.54, 1.807) is 12.1 Å². The van der Waals surface area contributed by atoms with Gasteiger partial charge in [-0.3, -0.25) is 9.09 Å². The zero-order valence-corrected chi connectivity index (χ0v) is 9.50. The maximum Gasteiger partial charge on any atom is 0.349 e. The molecule has 5 nitrogen and oxygen atoms in total. The van der Waals surface area contributed by atoms with Crippen LogP contribution in [0.1, 0.15) is 27.7 Å². The van der Waals surface area contributed by atoms with Crippen LogP contribution < -0.4 is 0 Å². The molecule has 0 heterocycles. The van der Waals surface area contributed by atoms with Crippen molar-refractivity contribution in [3.8, 4) is 12.1 Å². The molecule has 0 aromatic heterocycles. The minimum atomic E-state index is -4.12. The van der Waals surface area contributed by atoms with Crippen molar-refractivity contribution in [2.24, 2.45) is 0 Å². The monoisotopic (exact) mass is 216 g/mol. The number of nitrogens with zero attached hydrogens (tertiary/aromatic N) is 2. The number of hydrogen-bond acceptors (Lipinski definition) is 4. The average molecular weight is 216 g/mol. The van der Waals surface area contributed by atoms with Crippen LogP contribution in [-0.4, -0.2) is 15.7 Å². The van der Waals surface area contributed by atoms with E-state index in [1.165, 1.54) is 27.7 Å². The van der Waals surface area contributed by atoms with Crippen molar-refractivity contribution in [3.05, 3.63) is 0 Å². The van der Waals surface area contributed by atoms with E-state index in [0.717, 1.165) is 0 Å². The van der Waals surface area contributed by atoms with E-state index < -0.39 is 18.4 Å². The molecule has 1 unspecified atom stereocenters. The lowest BCUT2D eigenvalue weighted by molar-refractivity contribution is 0.138. The average Bonchev–Trinajstić information content (AvgIpc) is 2.02. The number of nitriles is 2. The second-order valence-electron chi connectivity index (χ2n) is 3.90. The van der Waals surface area contributed by atoms with Gasteiger partial charge >= 0.3 is 7.60 Å². The standard InChI is InChI=1S/C8H13N2O3P/c1-7(2,5-9)13-14(11,12)8(3,4)6-10/h1-4H3,(H,11,12). The van der Waals surface area contributed by atoms with Crippen LogP contribution in [0.5, 0.6) is 0 Å². The Morgan fingerprint density at radius 3 is 1.93 bits per heavy atom. The maximum atomic E-state index is 11.6. The van der Waals surface area contributed by atoms with Gasteiger partial charge in [0.1, 0.15) is 0 Å². The molecule has 0 aliphatic rings. The number of hydrogen-bond donors (Lipinski definition) is 1. The van der Waals surface area contributed by atoms with E-state index in [4.69, 9.17) is 15.0 Å². The Kier molecular flexibility index (Phi) is 3.48. The van der Waals surface area contributed by atoms with Crippen LogP contribution in [0.4, 0.5) is 0 Å². The van der Waals surface area contributed by atoms with Gasteiger partial charge in [-0.05, 0) is 27.7 Å². The summed E-state index contributed by atoms with van der Waals surface area (Å²) in [5, 5.41) is 15.7.